The number of para-hydroxylation sites is 1. The molecule has 382 valence electrons. The first-order valence-corrected chi connectivity index (χ1v) is 24.8. The standard InChI is InChI=1S/C73H64N4O/c1-47-37-60(50-19-12-10-13-20-50)70(61(38-47)53-29-35-63-64(40-53)73(8,9)45-72(63,6)7)76-46-75(68-41-52(30-36-66(68)76)49-27-31-54(32-28-49)71(3,4)5)55-23-18-24-56(42-55)78-57-33-34-59-58-25-16-17-26-65(58)77(67(59)43-57)69-39-48(2)62(44-74-69)51-21-14-11-15-22-51/h10-44H,45H2,1-9H3/i1D3,2D3,6D3,7D3,8D3,9D3,10D,11D,12D,13D,14D,15D,19D,20D,21D,22D,29D,35D,40D. The zero-order chi connectivity index (χ0) is 80.0. The molecule has 0 N–H and O–H groups in total. The minimum Gasteiger partial charge on any atom is -0.458 e. The summed E-state index contributed by atoms with van der Waals surface area (Å²) >= 11 is 0. The molecule has 78 heavy (non-hydrogen) atoms. The first-order valence-electron chi connectivity index (χ1n) is 40.3. The number of fused-ring (bicyclic) bond motifs is 5. The number of benzene rings is 9. The second-order valence-electron chi connectivity index (χ2n) is 20.4. The number of nitrogens with zero attached hydrogens (tertiary/aromatic N) is 4. The average molecular weight is 1040 g/mol. The number of rotatable bonds is 9. The third-order valence-electron chi connectivity index (χ3n) is 14.2. The fourth-order valence-corrected chi connectivity index (χ4v) is 10.4. The Morgan fingerprint density at radius 3 is 2.04 bits per heavy atom. The van der Waals surface area contributed by atoms with Crippen molar-refractivity contribution in [1.82, 2.24) is 14.1 Å². The van der Waals surface area contributed by atoms with E-state index in [1.165, 1.54) is 15.2 Å². The van der Waals surface area contributed by atoms with Gasteiger partial charge in [0.1, 0.15) is 17.3 Å². The summed E-state index contributed by atoms with van der Waals surface area (Å²) in [5, 5.41) is 1.36. The van der Waals surface area contributed by atoms with Gasteiger partial charge in [0, 0.05) is 53.3 Å². The van der Waals surface area contributed by atoms with E-state index < -0.39 is 182 Å². The van der Waals surface area contributed by atoms with Crippen LogP contribution in [-0.2, 0) is 16.2 Å². The van der Waals surface area contributed by atoms with Crippen molar-refractivity contribution in [1.29, 1.82) is 0 Å². The summed E-state index contributed by atoms with van der Waals surface area (Å²) < 4.78 is 289. The van der Waals surface area contributed by atoms with E-state index in [0.717, 1.165) is 23.9 Å². The Labute approximate surface area is 502 Å². The smallest absolute Gasteiger partial charge is 0.269 e. The molecule has 0 bridgehead atoms. The second kappa shape index (κ2) is 18.5. The van der Waals surface area contributed by atoms with Gasteiger partial charge in [-0.25, -0.2) is 4.98 Å². The van der Waals surface area contributed by atoms with Crippen LogP contribution in [0.2, 0.25) is 0 Å². The third-order valence-corrected chi connectivity index (χ3v) is 14.2. The highest BCUT2D eigenvalue weighted by Gasteiger charge is 2.42. The van der Waals surface area contributed by atoms with Gasteiger partial charge in [0.25, 0.3) is 6.33 Å². The molecule has 1 aliphatic carbocycles. The van der Waals surface area contributed by atoms with Crippen LogP contribution in [0.25, 0.3) is 94.5 Å². The van der Waals surface area contributed by atoms with Gasteiger partial charge in [0.2, 0.25) is 0 Å². The van der Waals surface area contributed by atoms with Gasteiger partial charge in [-0.2, -0.15) is 0 Å². The highest BCUT2D eigenvalue weighted by atomic mass is 16.5. The van der Waals surface area contributed by atoms with Crippen molar-refractivity contribution < 1.29 is 51.8 Å². The Hall–Kier alpha value is -8.80. The van der Waals surface area contributed by atoms with E-state index >= 15 is 0 Å². The van der Waals surface area contributed by atoms with Crippen LogP contribution in [0.15, 0.2) is 212 Å². The quantitative estimate of drug-likeness (QED) is 0.107. The van der Waals surface area contributed by atoms with Gasteiger partial charge in [-0.1, -0.05) is 205 Å². The maximum atomic E-state index is 10.3. The number of aryl methyl sites for hydroxylation is 2. The first kappa shape index (κ1) is 25.6. The van der Waals surface area contributed by atoms with Crippen molar-refractivity contribution in [3.63, 3.8) is 0 Å². The number of hydrogen-bond acceptors (Lipinski definition) is 2. The van der Waals surface area contributed by atoms with Crippen molar-refractivity contribution in [3.8, 4) is 73.2 Å². The van der Waals surface area contributed by atoms with Gasteiger partial charge < -0.3 is 4.74 Å². The van der Waals surface area contributed by atoms with E-state index in [2.05, 4.69) is 11.3 Å². The summed E-state index contributed by atoms with van der Waals surface area (Å²) in [6.45, 7) is -15.7. The normalized spacial score (nSPS) is 20.6. The minimum absolute atomic E-state index is 0.0731. The number of aromatic nitrogens is 4. The molecule has 0 amide bonds. The molecule has 5 nitrogen and oxygen atoms in total. The fraction of sp³-hybridized carbons (Fsp3) is 0.178. The SMILES string of the molecule is [2H]c1c([2H])c([2H])c(-c2cnc(-n3c4ccccc4c4ccc(Oc5cccc(-n6[c-][n+](-c7c(-c8c([2H])c([2H])c([2H])c([2H])c8[2H])cc(C([2H])([2H])[2H])cc7-c7c([2H])c([2H])c8c(c7[2H])C(C([2H])([2H])[2H])(C([2H])([2H])[2H])CC8(C([2H])([2H])[2H])C([2H])([2H])[2H])c7ccc(-c8ccc(C(C)(C)C)cc8)cc76)c5)cc43)cc2C([2H])([2H])[2H])c([2H])c1[2H]. The molecular weight excluding hydrogens is 949 g/mol. The second-order valence-corrected chi connectivity index (χ2v) is 20.4. The van der Waals surface area contributed by atoms with Crippen LogP contribution >= 0.6 is 0 Å². The van der Waals surface area contributed by atoms with Crippen LogP contribution in [0.5, 0.6) is 11.5 Å². The lowest BCUT2D eigenvalue weighted by Gasteiger charge is -2.22. The molecule has 0 saturated heterocycles. The molecule has 1 aliphatic rings. The third kappa shape index (κ3) is 8.49. The minimum atomic E-state index is -3.94. The lowest BCUT2D eigenvalue weighted by atomic mass is 9.82. The summed E-state index contributed by atoms with van der Waals surface area (Å²) in [7, 11) is 0. The molecule has 0 fully saturated rings. The van der Waals surface area contributed by atoms with E-state index in [0.29, 0.717) is 32.9 Å². The predicted octanol–water partition coefficient (Wildman–Crippen LogP) is 18.5. The van der Waals surface area contributed by atoms with Crippen molar-refractivity contribution in [3.05, 3.63) is 246 Å². The zero-order valence-electron chi connectivity index (χ0n) is 73.1. The molecule has 9 aromatic carbocycles. The highest BCUT2D eigenvalue weighted by Crippen LogP contribution is 2.51. The van der Waals surface area contributed by atoms with Crippen LogP contribution in [0.3, 0.4) is 0 Å². The maximum absolute atomic E-state index is 10.3. The lowest BCUT2D eigenvalue weighted by Crippen LogP contribution is -2.31. The number of ether oxygens (including phenoxy) is 1. The summed E-state index contributed by atoms with van der Waals surface area (Å²) in [4.78, 5) is 4.69. The average Bonchev–Trinajstić information content (AvgIpc) is 1.49. The lowest BCUT2D eigenvalue weighted by molar-refractivity contribution is -0.571. The van der Waals surface area contributed by atoms with Gasteiger partial charge >= 0.3 is 0 Å². The summed E-state index contributed by atoms with van der Waals surface area (Å²) in [5.41, 5.74) is -11.1. The fourth-order valence-electron chi connectivity index (χ4n) is 10.4. The van der Waals surface area contributed by atoms with Gasteiger partial charge in [0.15, 0.2) is 0 Å². The molecule has 0 aliphatic heterocycles. The Morgan fingerprint density at radius 1 is 0.590 bits per heavy atom. The molecule has 0 atom stereocenters. The molecule has 5 heteroatoms. The molecule has 12 aromatic rings. The van der Waals surface area contributed by atoms with Gasteiger partial charge in [-0.15, -0.1) is 0 Å². The van der Waals surface area contributed by atoms with Crippen LogP contribution in [-0.4, -0.2) is 14.1 Å². The number of imidazole rings is 1. The van der Waals surface area contributed by atoms with Crippen molar-refractivity contribution >= 4 is 32.8 Å². The largest absolute Gasteiger partial charge is 0.458 e. The molecule has 0 radical (unpaired) electrons. The number of hydrogen-bond donors (Lipinski definition) is 0. The Bertz CT molecular complexity index is 5720. The molecule has 0 unspecified atom stereocenters. The van der Waals surface area contributed by atoms with Crippen molar-refractivity contribution in [2.75, 3.05) is 0 Å². The van der Waals surface area contributed by atoms with Crippen LogP contribution in [0.1, 0.15) is 125 Å². The van der Waals surface area contributed by atoms with E-state index in [-0.39, 0.29) is 56.1 Å². The molecule has 0 saturated carbocycles. The predicted molar refractivity (Wildman–Crippen MR) is 323 cm³/mol. The highest BCUT2D eigenvalue weighted by molar-refractivity contribution is 6.09. The van der Waals surface area contributed by atoms with Crippen molar-refractivity contribution in [2.24, 2.45) is 0 Å². The van der Waals surface area contributed by atoms with Crippen LogP contribution in [0.4, 0.5) is 0 Å². The van der Waals surface area contributed by atoms with Gasteiger partial charge in [-0.05, 0) is 146 Å². The monoisotopic (exact) mass is 1040 g/mol. The Kier molecular flexibility index (Phi) is 6.05. The maximum Gasteiger partial charge on any atom is 0.269 e. The summed E-state index contributed by atoms with van der Waals surface area (Å²) in [6.07, 6.45) is 2.70. The molecule has 3 aromatic heterocycles. The molecule has 13 rings (SSSR count). The van der Waals surface area contributed by atoms with Crippen molar-refractivity contribution in [2.45, 2.75) is 84.5 Å². The first-order chi connectivity index (χ1) is 50.4. The molecule has 0 spiro atoms. The summed E-state index contributed by atoms with van der Waals surface area (Å²) in [5.74, 6) is 0.431. The van der Waals surface area contributed by atoms with E-state index in [9.17, 15) is 6.85 Å². The van der Waals surface area contributed by atoms with E-state index in [1.54, 1.807) is 83.4 Å². The Morgan fingerprint density at radius 2 is 1.29 bits per heavy atom. The van der Waals surface area contributed by atoms with E-state index in [4.69, 9.17) is 40.4 Å². The van der Waals surface area contributed by atoms with Crippen LogP contribution in [0, 0.1) is 20.0 Å². The van der Waals surface area contributed by atoms with Gasteiger partial charge in [-0.3, -0.25) is 13.7 Å². The molecule has 3 heterocycles. The zero-order valence-corrected chi connectivity index (χ0v) is 42.1. The van der Waals surface area contributed by atoms with Crippen LogP contribution < -0.4 is 9.30 Å². The topological polar surface area (TPSA) is 35.9 Å². The van der Waals surface area contributed by atoms with E-state index in [1.807, 2.05) is 51.1 Å². The molecular formula is C73H64N4O. The summed E-state index contributed by atoms with van der Waals surface area (Å²) in [6, 6.07) is 22.9. The number of pyridine rings is 1. The Balaban J connectivity index is 1.09. The van der Waals surface area contributed by atoms with Gasteiger partial charge in [0.05, 0.1) is 51.3 Å².